The fourth-order valence-electron chi connectivity index (χ4n) is 2.27. The first-order valence-corrected chi connectivity index (χ1v) is 6.85. The molecule has 4 heteroatoms. The van der Waals surface area contributed by atoms with Crippen LogP contribution in [-0.4, -0.2) is 16.7 Å². The molecule has 102 valence electrons. The molecule has 0 radical (unpaired) electrons. The van der Waals surface area contributed by atoms with E-state index in [-0.39, 0.29) is 0 Å². The molecule has 3 rings (SSSR count). The van der Waals surface area contributed by atoms with Crippen molar-refractivity contribution in [2.24, 2.45) is 0 Å². The van der Waals surface area contributed by atoms with Crippen LogP contribution in [0.1, 0.15) is 24.3 Å². The first-order valence-electron chi connectivity index (χ1n) is 6.85. The number of hydrogen-bond acceptors (Lipinski definition) is 4. The number of benzene rings is 2. The number of hydrogen-bond donors (Lipinski definition) is 1. The Hall–Kier alpha value is -2.20. The van der Waals surface area contributed by atoms with E-state index in [1.807, 2.05) is 13.0 Å². The fraction of sp³-hybridized carbons (Fsp3) is 0.250. The van der Waals surface area contributed by atoms with E-state index in [9.17, 15) is 0 Å². The third kappa shape index (κ3) is 2.70. The van der Waals surface area contributed by atoms with Crippen LogP contribution in [0.25, 0.3) is 10.8 Å². The van der Waals surface area contributed by atoms with E-state index in [2.05, 4.69) is 51.9 Å². The number of rotatable bonds is 5. The highest BCUT2D eigenvalue weighted by atomic mass is 16.4. The second-order valence-electron chi connectivity index (χ2n) is 4.68. The molecule has 0 aliphatic rings. The first kappa shape index (κ1) is 12.8. The summed E-state index contributed by atoms with van der Waals surface area (Å²) < 4.78 is 5.65. The molecule has 0 bridgehead atoms. The lowest BCUT2D eigenvalue weighted by Gasteiger charge is -2.03. The van der Waals surface area contributed by atoms with Crippen LogP contribution >= 0.6 is 0 Å². The minimum Gasteiger partial charge on any atom is -0.424 e. The van der Waals surface area contributed by atoms with Crippen LogP contribution in [0.4, 0.5) is 0 Å². The van der Waals surface area contributed by atoms with Gasteiger partial charge in [0, 0.05) is 0 Å². The molecule has 0 aliphatic carbocycles. The molecule has 0 saturated carbocycles. The van der Waals surface area contributed by atoms with Gasteiger partial charge < -0.3 is 9.73 Å². The highest BCUT2D eigenvalue weighted by molar-refractivity contribution is 5.85. The largest absolute Gasteiger partial charge is 0.424 e. The summed E-state index contributed by atoms with van der Waals surface area (Å²) in [5.74, 6) is 1.30. The highest BCUT2D eigenvalue weighted by Crippen LogP contribution is 2.20. The maximum atomic E-state index is 5.65. The lowest BCUT2D eigenvalue weighted by Crippen LogP contribution is -2.11. The Balaban J connectivity index is 1.84. The number of nitrogens with one attached hydrogen (secondary N) is 1. The Morgan fingerprint density at radius 1 is 1.00 bits per heavy atom. The van der Waals surface area contributed by atoms with Gasteiger partial charge in [-0.05, 0) is 22.9 Å². The second kappa shape index (κ2) is 5.84. The van der Waals surface area contributed by atoms with Crippen molar-refractivity contribution in [3.05, 3.63) is 59.8 Å². The van der Waals surface area contributed by atoms with Gasteiger partial charge in [-0.1, -0.05) is 49.4 Å². The van der Waals surface area contributed by atoms with Gasteiger partial charge >= 0.3 is 0 Å². The minimum atomic E-state index is 0.624. The van der Waals surface area contributed by atoms with Gasteiger partial charge in [-0.25, -0.2) is 0 Å². The Bertz CT molecular complexity index is 700. The van der Waals surface area contributed by atoms with Crippen molar-refractivity contribution >= 4 is 10.8 Å². The van der Waals surface area contributed by atoms with E-state index in [0.717, 1.165) is 6.54 Å². The molecule has 1 heterocycles. The molecule has 1 aromatic heterocycles. The van der Waals surface area contributed by atoms with E-state index in [4.69, 9.17) is 4.42 Å². The van der Waals surface area contributed by atoms with Gasteiger partial charge in [0.1, 0.15) is 0 Å². The standard InChI is InChI=1S/C16H17N3O/c1-2-17-11-16-19-18-15(20-16)10-13-8-5-7-12-6-3-4-9-14(12)13/h3-9,17H,2,10-11H2,1H3. The third-order valence-corrected chi connectivity index (χ3v) is 3.26. The van der Waals surface area contributed by atoms with Crippen LogP contribution in [0.5, 0.6) is 0 Å². The van der Waals surface area contributed by atoms with Gasteiger partial charge in [-0.2, -0.15) is 0 Å². The maximum Gasteiger partial charge on any atom is 0.230 e. The molecule has 20 heavy (non-hydrogen) atoms. The summed E-state index contributed by atoms with van der Waals surface area (Å²) in [5, 5.41) is 13.8. The number of fused-ring (bicyclic) bond motifs is 1. The summed E-state index contributed by atoms with van der Waals surface area (Å²) >= 11 is 0. The summed E-state index contributed by atoms with van der Waals surface area (Å²) in [6.07, 6.45) is 0.667. The maximum absolute atomic E-state index is 5.65. The SMILES string of the molecule is CCNCc1nnc(Cc2cccc3ccccc23)o1. The van der Waals surface area contributed by atoms with Gasteiger partial charge in [0.25, 0.3) is 0 Å². The van der Waals surface area contributed by atoms with Crippen LogP contribution in [0.2, 0.25) is 0 Å². The molecule has 2 aromatic carbocycles. The molecule has 0 spiro atoms. The molecule has 0 amide bonds. The normalized spacial score (nSPS) is 11.1. The van der Waals surface area contributed by atoms with Gasteiger partial charge in [0.2, 0.25) is 11.8 Å². The quantitative estimate of drug-likeness (QED) is 0.772. The van der Waals surface area contributed by atoms with E-state index in [1.54, 1.807) is 0 Å². The number of aromatic nitrogens is 2. The molecule has 1 N–H and O–H groups in total. The van der Waals surface area contributed by atoms with Crippen LogP contribution < -0.4 is 5.32 Å². The molecule has 0 aliphatic heterocycles. The average molecular weight is 267 g/mol. The van der Waals surface area contributed by atoms with Crippen molar-refractivity contribution in [1.29, 1.82) is 0 Å². The van der Waals surface area contributed by atoms with Crippen LogP contribution in [0.15, 0.2) is 46.9 Å². The summed E-state index contributed by atoms with van der Waals surface area (Å²) in [6, 6.07) is 14.6. The lowest BCUT2D eigenvalue weighted by molar-refractivity contribution is 0.442. The summed E-state index contributed by atoms with van der Waals surface area (Å²) in [5.41, 5.74) is 1.21. The van der Waals surface area contributed by atoms with Gasteiger partial charge in [-0.15, -0.1) is 10.2 Å². The summed E-state index contributed by atoms with van der Waals surface area (Å²) in [4.78, 5) is 0. The Kier molecular flexibility index (Phi) is 3.74. The van der Waals surface area contributed by atoms with Crippen molar-refractivity contribution < 1.29 is 4.42 Å². The zero-order chi connectivity index (χ0) is 13.8. The van der Waals surface area contributed by atoms with Crippen molar-refractivity contribution in [2.45, 2.75) is 19.9 Å². The molecule has 4 nitrogen and oxygen atoms in total. The van der Waals surface area contributed by atoms with Gasteiger partial charge in [0.05, 0.1) is 13.0 Å². The molecule has 0 saturated heterocycles. The smallest absolute Gasteiger partial charge is 0.230 e. The van der Waals surface area contributed by atoms with Crippen LogP contribution in [0.3, 0.4) is 0 Å². The van der Waals surface area contributed by atoms with E-state index >= 15 is 0 Å². The van der Waals surface area contributed by atoms with Crippen LogP contribution in [0, 0.1) is 0 Å². The zero-order valence-corrected chi connectivity index (χ0v) is 11.5. The van der Waals surface area contributed by atoms with Crippen molar-refractivity contribution in [3.63, 3.8) is 0 Å². The minimum absolute atomic E-state index is 0.624. The third-order valence-electron chi connectivity index (χ3n) is 3.26. The fourth-order valence-corrected chi connectivity index (χ4v) is 2.27. The summed E-state index contributed by atoms with van der Waals surface area (Å²) in [7, 11) is 0. The van der Waals surface area contributed by atoms with Crippen molar-refractivity contribution in [1.82, 2.24) is 15.5 Å². The summed E-state index contributed by atoms with van der Waals surface area (Å²) in [6.45, 7) is 3.56. The molecule has 0 atom stereocenters. The molecular weight excluding hydrogens is 250 g/mol. The van der Waals surface area contributed by atoms with Gasteiger partial charge in [-0.3, -0.25) is 0 Å². The Morgan fingerprint density at radius 2 is 1.80 bits per heavy atom. The topological polar surface area (TPSA) is 51.0 Å². The monoisotopic (exact) mass is 267 g/mol. The molecular formula is C16H17N3O. The molecule has 0 fully saturated rings. The van der Waals surface area contributed by atoms with Gasteiger partial charge in [0.15, 0.2) is 0 Å². The van der Waals surface area contributed by atoms with Crippen molar-refractivity contribution in [3.8, 4) is 0 Å². The average Bonchev–Trinajstić information content (AvgIpc) is 2.93. The van der Waals surface area contributed by atoms with E-state index in [1.165, 1.54) is 16.3 Å². The Morgan fingerprint density at radius 3 is 2.70 bits per heavy atom. The Labute approximate surface area is 117 Å². The first-order chi connectivity index (χ1) is 9.86. The van der Waals surface area contributed by atoms with Crippen LogP contribution in [-0.2, 0) is 13.0 Å². The highest BCUT2D eigenvalue weighted by Gasteiger charge is 2.08. The van der Waals surface area contributed by atoms with E-state index < -0.39 is 0 Å². The van der Waals surface area contributed by atoms with E-state index in [0.29, 0.717) is 24.7 Å². The number of nitrogens with zero attached hydrogens (tertiary/aromatic N) is 2. The molecule has 0 unspecified atom stereocenters. The predicted octanol–water partition coefficient (Wildman–Crippen LogP) is 2.92. The van der Waals surface area contributed by atoms with Crippen molar-refractivity contribution in [2.75, 3.05) is 6.54 Å². The lowest BCUT2D eigenvalue weighted by atomic mass is 10.0. The zero-order valence-electron chi connectivity index (χ0n) is 11.5. The molecule has 3 aromatic rings. The second-order valence-corrected chi connectivity index (χ2v) is 4.68. The predicted molar refractivity (Wildman–Crippen MR) is 78.4 cm³/mol.